The van der Waals surface area contributed by atoms with Crippen molar-refractivity contribution in [1.82, 2.24) is 5.32 Å². The highest BCUT2D eigenvalue weighted by Gasteiger charge is 2.23. The zero-order valence-electron chi connectivity index (χ0n) is 15.6. The van der Waals surface area contributed by atoms with Gasteiger partial charge < -0.3 is 20.1 Å². The Kier molecular flexibility index (Phi) is 6.39. The lowest BCUT2D eigenvalue weighted by Crippen LogP contribution is -2.33. The summed E-state index contributed by atoms with van der Waals surface area (Å²) in [6, 6.07) is 13.6. The fraction of sp³-hybridized carbons (Fsp3) is 0.286. The van der Waals surface area contributed by atoms with Gasteiger partial charge in [-0.15, -0.1) is 0 Å². The van der Waals surface area contributed by atoms with Gasteiger partial charge in [-0.05, 0) is 48.7 Å². The summed E-state index contributed by atoms with van der Waals surface area (Å²) in [7, 11) is 0. The Morgan fingerprint density at radius 1 is 1.14 bits per heavy atom. The van der Waals surface area contributed by atoms with Crippen molar-refractivity contribution >= 4 is 23.5 Å². The highest BCUT2D eigenvalue weighted by atomic mass is 16.5. The Morgan fingerprint density at radius 2 is 1.96 bits per heavy atom. The van der Waals surface area contributed by atoms with Gasteiger partial charge in [0.05, 0.1) is 0 Å². The molecule has 28 heavy (non-hydrogen) atoms. The summed E-state index contributed by atoms with van der Waals surface area (Å²) in [5.74, 6) is -0.579. The molecule has 1 aliphatic heterocycles. The summed E-state index contributed by atoms with van der Waals surface area (Å²) in [5.41, 5.74) is 1.83. The zero-order valence-corrected chi connectivity index (χ0v) is 15.6. The van der Waals surface area contributed by atoms with Crippen molar-refractivity contribution in [2.75, 3.05) is 11.9 Å². The SMILES string of the molecule is CC(=O)Oc1cccc(C(=O)Nc2cccc(CNC(=O)C3CCCO3)c2)c1. The predicted octanol–water partition coefficient (Wildman–Crippen LogP) is 2.66. The second kappa shape index (κ2) is 9.14. The van der Waals surface area contributed by atoms with Gasteiger partial charge in [0.15, 0.2) is 0 Å². The van der Waals surface area contributed by atoms with Crippen LogP contribution in [0.15, 0.2) is 48.5 Å². The minimum absolute atomic E-state index is 0.116. The number of carbonyl (C=O) groups excluding carboxylic acids is 3. The van der Waals surface area contributed by atoms with Gasteiger partial charge in [-0.2, -0.15) is 0 Å². The van der Waals surface area contributed by atoms with Crippen LogP contribution in [-0.4, -0.2) is 30.5 Å². The Bertz CT molecular complexity index is 875. The van der Waals surface area contributed by atoms with E-state index in [2.05, 4.69) is 10.6 Å². The summed E-state index contributed by atoms with van der Waals surface area (Å²) >= 11 is 0. The molecular weight excluding hydrogens is 360 g/mol. The molecule has 1 unspecified atom stereocenters. The van der Waals surface area contributed by atoms with E-state index in [0.29, 0.717) is 30.2 Å². The topological polar surface area (TPSA) is 93.7 Å². The first-order valence-corrected chi connectivity index (χ1v) is 9.09. The number of amides is 2. The van der Waals surface area contributed by atoms with E-state index in [1.807, 2.05) is 6.07 Å². The van der Waals surface area contributed by atoms with Gasteiger partial charge in [0.1, 0.15) is 11.9 Å². The standard InChI is InChI=1S/C21H22N2O5/c1-14(24)28-18-8-3-6-16(12-18)20(25)23-17-7-2-5-15(11-17)13-22-21(26)19-9-4-10-27-19/h2-3,5-8,11-12,19H,4,9-10,13H2,1H3,(H,22,26)(H,23,25). The molecule has 0 aromatic heterocycles. The van der Waals surface area contributed by atoms with Crippen molar-refractivity contribution in [1.29, 1.82) is 0 Å². The van der Waals surface area contributed by atoms with E-state index in [0.717, 1.165) is 18.4 Å². The molecule has 0 aliphatic carbocycles. The lowest BCUT2D eigenvalue weighted by atomic mass is 10.1. The van der Waals surface area contributed by atoms with Crippen molar-refractivity contribution in [3.05, 3.63) is 59.7 Å². The Morgan fingerprint density at radius 3 is 2.71 bits per heavy atom. The average Bonchev–Trinajstić information content (AvgIpc) is 3.21. The fourth-order valence-electron chi connectivity index (χ4n) is 2.92. The lowest BCUT2D eigenvalue weighted by Gasteiger charge is -2.12. The van der Waals surface area contributed by atoms with Gasteiger partial charge in [0.25, 0.3) is 5.91 Å². The van der Waals surface area contributed by atoms with Crippen LogP contribution in [0.5, 0.6) is 5.75 Å². The number of hydrogen-bond donors (Lipinski definition) is 2. The number of rotatable bonds is 6. The van der Waals surface area contributed by atoms with Crippen LogP contribution in [0, 0.1) is 0 Å². The molecule has 1 fully saturated rings. The smallest absolute Gasteiger partial charge is 0.308 e. The van der Waals surface area contributed by atoms with Crippen molar-refractivity contribution < 1.29 is 23.9 Å². The quantitative estimate of drug-likeness (QED) is 0.592. The molecule has 3 rings (SSSR count). The summed E-state index contributed by atoms with van der Waals surface area (Å²) < 4.78 is 10.4. The van der Waals surface area contributed by atoms with E-state index < -0.39 is 5.97 Å². The molecule has 0 bridgehead atoms. The van der Waals surface area contributed by atoms with E-state index in [4.69, 9.17) is 9.47 Å². The summed E-state index contributed by atoms with van der Waals surface area (Å²) in [5, 5.41) is 5.66. The lowest BCUT2D eigenvalue weighted by molar-refractivity contribution is -0.132. The number of carbonyl (C=O) groups is 3. The van der Waals surface area contributed by atoms with Gasteiger partial charge in [0.2, 0.25) is 5.91 Å². The molecule has 1 aliphatic rings. The highest BCUT2D eigenvalue weighted by molar-refractivity contribution is 6.04. The Balaban J connectivity index is 1.60. The molecule has 0 radical (unpaired) electrons. The number of ether oxygens (including phenoxy) is 2. The number of benzene rings is 2. The number of hydrogen-bond acceptors (Lipinski definition) is 5. The van der Waals surface area contributed by atoms with Crippen LogP contribution < -0.4 is 15.4 Å². The first kappa shape index (κ1) is 19.6. The maximum atomic E-state index is 12.5. The van der Waals surface area contributed by atoms with Gasteiger partial charge >= 0.3 is 5.97 Å². The number of esters is 1. The molecule has 1 saturated heterocycles. The van der Waals surface area contributed by atoms with E-state index in [1.165, 1.54) is 13.0 Å². The van der Waals surface area contributed by atoms with Crippen LogP contribution in [0.4, 0.5) is 5.69 Å². The normalized spacial score (nSPS) is 15.7. The Labute approximate surface area is 163 Å². The molecule has 2 aromatic rings. The summed E-state index contributed by atoms with van der Waals surface area (Å²) in [6.45, 7) is 2.28. The first-order valence-electron chi connectivity index (χ1n) is 9.09. The maximum absolute atomic E-state index is 12.5. The highest BCUT2D eigenvalue weighted by Crippen LogP contribution is 2.17. The minimum atomic E-state index is -0.449. The van der Waals surface area contributed by atoms with Gasteiger partial charge in [-0.25, -0.2) is 0 Å². The fourth-order valence-corrected chi connectivity index (χ4v) is 2.92. The molecule has 2 amide bonds. The van der Waals surface area contributed by atoms with E-state index >= 15 is 0 Å². The van der Waals surface area contributed by atoms with Gasteiger partial charge in [-0.1, -0.05) is 18.2 Å². The molecule has 1 atom stereocenters. The molecule has 2 aromatic carbocycles. The van der Waals surface area contributed by atoms with E-state index in [9.17, 15) is 14.4 Å². The van der Waals surface area contributed by atoms with Crippen LogP contribution in [0.2, 0.25) is 0 Å². The molecule has 0 saturated carbocycles. The largest absolute Gasteiger partial charge is 0.427 e. The van der Waals surface area contributed by atoms with Gasteiger partial charge in [-0.3, -0.25) is 14.4 Å². The van der Waals surface area contributed by atoms with Crippen LogP contribution >= 0.6 is 0 Å². The van der Waals surface area contributed by atoms with Crippen molar-refractivity contribution in [3.63, 3.8) is 0 Å². The Hall–Kier alpha value is -3.19. The van der Waals surface area contributed by atoms with Gasteiger partial charge in [0, 0.05) is 31.3 Å². The average molecular weight is 382 g/mol. The molecule has 0 spiro atoms. The second-order valence-corrected chi connectivity index (χ2v) is 6.50. The molecular formula is C21H22N2O5. The van der Waals surface area contributed by atoms with Crippen LogP contribution in [-0.2, 0) is 20.9 Å². The predicted molar refractivity (Wildman–Crippen MR) is 103 cm³/mol. The minimum Gasteiger partial charge on any atom is -0.427 e. The maximum Gasteiger partial charge on any atom is 0.308 e. The van der Waals surface area contributed by atoms with Crippen LogP contribution in [0.3, 0.4) is 0 Å². The van der Waals surface area contributed by atoms with Crippen LogP contribution in [0.25, 0.3) is 0 Å². The third-order valence-electron chi connectivity index (χ3n) is 4.23. The molecule has 7 nitrogen and oxygen atoms in total. The van der Waals surface area contributed by atoms with Crippen molar-refractivity contribution in [2.45, 2.75) is 32.4 Å². The molecule has 1 heterocycles. The molecule has 7 heteroatoms. The van der Waals surface area contributed by atoms with Crippen molar-refractivity contribution in [3.8, 4) is 5.75 Å². The summed E-state index contributed by atoms with van der Waals surface area (Å²) in [4.78, 5) is 35.6. The van der Waals surface area contributed by atoms with E-state index in [-0.39, 0.29) is 17.9 Å². The number of nitrogens with one attached hydrogen (secondary N) is 2. The zero-order chi connectivity index (χ0) is 19.9. The summed E-state index contributed by atoms with van der Waals surface area (Å²) in [6.07, 6.45) is 1.28. The first-order chi connectivity index (χ1) is 13.5. The molecule has 2 N–H and O–H groups in total. The number of anilines is 1. The third-order valence-corrected chi connectivity index (χ3v) is 4.23. The monoisotopic (exact) mass is 382 g/mol. The van der Waals surface area contributed by atoms with Crippen molar-refractivity contribution in [2.24, 2.45) is 0 Å². The second-order valence-electron chi connectivity index (χ2n) is 6.50. The third kappa shape index (κ3) is 5.40. The molecule has 146 valence electrons. The van der Waals surface area contributed by atoms with E-state index in [1.54, 1.807) is 36.4 Å². The van der Waals surface area contributed by atoms with Crippen LogP contribution in [0.1, 0.15) is 35.7 Å².